The largest absolute Gasteiger partial charge is 0.381 e. The molecule has 0 atom stereocenters. The Morgan fingerprint density at radius 2 is 2.07 bits per heavy atom. The lowest BCUT2D eigenvalue weighted by Gasteiger charge is -2.27. The highest BCUT2D eigenvalue weighted by Gasteiger charge is 2.15. The van der Waals surface area contributed by atoms with E-state index in [0.29, 0.717) is 6.54 Å². The van der Waals surface area contributed by atoms with Gasteiger partial charge in [0.25, 0.3) is 0 Å². The van der Waals surface area contributed by atoms with E-state index in [0.717, 1.165) is 37.3 Å². The molecule has 6 nitrogen and oxygen atoms in total. The fraction of sp³-hybridized carbons (Fsp3) is 0.500. The van der Waals surface area contributed by atoms with Crippen LogP contribution < -0.4 is 5.32 Å². The summed E-state index contributed by atoms with van der Waals surface area (Å²) < 4.78 is 7.35. The average Bonchev–Trinajstić information content (AvgIpc) is 3.22. The van der Waals surface area contributed by atoms with Gasteiger partial charge in [-0.15, -0.1) is 24.0 Å². The van der Waals surface area contributed by atoms with Crippen LogP contribution >= 0.6 is 24.0 Å². The van der Waals surface area contributed by atoms with E-state index < -0.39 is 0 Å². The summed E-state index contributed by atoms with van der Waals surface area (Å²) in [6, 6.07) is 10.2. The first-order chi connectivity index (χ1) is 12.8. The van der Waals surface area contributed by atoms with Crippen LogP contribution in [0.4, 0.5) is 0 Å². The van der Waals surface area contributed by atoms with Crippen LogP contribution in [0.2, 0.25) is 0 Å². The van der Waals surface area contributed by atoms with Crippen LogP contribution in [0.5, 0.6) is 0 Å². The highest BCUT2D eigenvalue weighted by Crippen LogP contribution is 2.18. The van der Waals surface area contributed by atoms with Gasteiger partial charge in [0, 0.05) is 52.8 Å². The van der Waals surface area contributed by atoms with Gasteiger partial charge in [0.05, 0.1) is 5.69 Å². The molecule has 0 radical (unpaired) electrons. The van der Waals surface area contributed by atoms with Gasteiger partial charge in [-0.25, -0.2) is 4.68 Å². The monoisotopic (exact) mass is 483 g/mol. The Bertz CT molecular complexity index is 698. The van der Waals surface area contributed by atoms with E-state index in [4.69, 9.17) is 4.74 Å². The summed E-state index contributed by atoms with van der Waals surface area (Å²) in [5, 5.41) is 7.83. The highest BCUT2D eigenvalue weighted by atomic mass is 127. The summed E-state index contributed by atoms with van der Waals surface area (Å²) in [5.74, 6) is 1.69. The fourth-order valence-electron chi connectivity index (χ4n) is 3.37. The summed E-state index contributed by atoms with van der Waals surface area (Å²) in [6.07, 6.45) is 7.31. The number of hydrogen-bond donors (Lipinski definition) is 1. The minimum Gasteiger partial charge on any atom is -0.381 e. The number of ether oxygens (including phenoxy) is 1. The second kappa shape index (κ2) is 11.3. The van der Waals surface area contributed by atoms with Crippen molar-refractivity contribution in [1.82, 2.24) is 20.0 Å². The van der Waals surface area contributed by atoms with Gasteiger partial charge >= 0.3 is 0 Å². The molecule has 1 aromatic carbocycles. The van der Waals surface area contributed by atoms with Gasteiger partial charge in [-0.3, -0.25) is 4.99 Å². The van der Waals surface area contributed by atoms with E-state index in [9.17, 15) is 0 Å². The number of guanidine groups is 1. The molecule has 0 saturated carbocycles. The second-order valence-corrected chi connectivity index (χ2v) is 6.75. The van der Waals surface area contributed by atoms with Crippen molar-refractivity contribution in [3.63, 3.8) is 0 Å². The molecule has 0 aliphatic carbocycles. The Morgan fingerprint density at radius 1 is 1.30 bits per heavy atom. The zero-order chi connectivity index (χ0) is 18.2. The summed E-state index contributed by atoms with van der Waals surface area (Å²) in [6.45, 7) is 3.53. The number of hydrogen-bond acceptors (Lipinski definition) is 3. The van der Waals surface area contributed by atoms with Gasteiger partial charge in [-0.2, -0.15) is 5.10 Å². The summed E-state index contributed by atoms with van der Waals surface area (Å²) in [4.78, 5) is 6.66. The van der Waals surface area contributed by atoms with Crippen molar-refractivity contribution in [1.29, 1.82) is 0 Å². The van der Waals surface area contributed by atoms with E-state index in [1.807, 2.05) is 30.1 Å². The molecule has 1 aromatic heterocycles. The molecule has 0 unspecified atom stereocenters. The van der Waals surface area contributed by atoms with Crippen molar-refractivity contribution in [2.75, 3.05) is 33.9 Å². The number of halogens is 1. The molecule has 3 rings (SSSR count). The molecule has 1 aliphatic heterocycles. The van der Waals surface area contributed by atoms with Crippen LogP contribution in [0.1, 0.15) is 24.8 Å². The maximum atomic E-state index is 5.45. The zero-order valence-corrected chi connectivity index (χ0v) is 18.5. The maximum absolute atomic E-state index is 5.45. The van der Waals surface area contributed by atoms with Crippen LogP contribution in [0, 0.1) is 5.92 Å². The SMILES string of the molecule is CN=C(NCc1ccccc1-n1cccn1)N(C)CCC1CCOCC1.I. The van der Waals surface area contributed by atoms with Gasteiger partial charge in [0.15, 0.2) is 5.96 Å². The molecule has 1 aliphatic rings. The smallest absolute Gasteiger partial charge is 0.193 e. The fourth-order valence-corrected chi connectivity index (χ4v) is 3.37. The van der Waals surface area contributed by atoms with Crippen LogP contribution in [-0.2, 0) is 11.3 Å². The molecule has 2 aromatic rings. The molecule has 27 heavy (non-hydrogen) atoms. The van der Waals surface area contributed by atoms with Crippen molar-refractivity contribution in [2.45, 2.75) is 25.8 Å². The summed E-state index contributed by atoms with van der Waals surface area (Å²) in [5.41, 5.74) is 2.28. The van der Waals surface area contributed by atoms with Gasteiger partial charge in [0.1, 0.15) is 0 Å². The van der Waals surface area contributed by atoms with Gasteiger partial charge < -0.3 is 15.0 Å². The quantitative estimate of drug-likeness (QED) is 0.389. The normalized spacial score (nSPS) is 15.3. The third kappa shape index (κ3) is 6.21. The number of nitrogens with one attached hydrogen (secondary N) is 1. The van der Waals surface area contributed by atoms with Crippen LogP contribution in [0.15, 0.2) is 47.7 Å². The molecule has 7 heteroatoms. The Morgan fingerprint density at radius 3 is 2.78 bits per heavy atom. The van der Waals surface area contributed by atoms with Crippen LogP contribution in [0.3, 0.4) is 0 Å². The van der Waals surface area contributed by atoms with Crippen molar-refractivity contribution < 1.29 is 4.74 Å². The Kier molecular flexibility index (Phi) is 9.06. The van der Waals surface area contributed by atoms with Crippen LogP contribution in [0.25, 0.3) is 5.69 Å². The molecule has 0 spiro atoms. The van der Waals surface area contributed by atoms with Crippen LogP contribution in [-0.4, -0.2) is 54.5 Å². The average molecular weight is 483 g/mol. The molecular formula is C20H30IN5O. The molecule has 1 saturated heterocycles. The summed E-state index contributed by atoms with van der Waals surface area (Å²) in [7, 11) is 3.95. The first kappa shape index (κ1) is 21.7. The highest BCUT2D eigenvalue weighted by molar-refractivity contribution is 14.0. The number of aliphatic imine (C=N–C) groups is 1. The minimum absolute atomic E-state index is 0. The lowest BCUT2D eigenvalue weighted by atomic mass is 9.96. The van der Waals surface area contributed by atoms with Crippen molar-refractivity contribution in [2.24, 2.45) is 10.9 Å². The molecular weight excluding hydrogens is 453 g/mol. The number of aromatic nitrogens is 2. The predicted octanol–water partition coefficient (Wildman–Crippen LogP) is 3.31. The Balaban J connectivity index is 0.00000261. The van der Waals surface area contributed by atoms with E-state index in [-0.39, 0.29) is 24.0 Å². The van der Waals surface area contributed by atoms with Gasteiger partial charge in [0.2, 0.25) is 0 Å². The third-order valence-electron chi connectivity index (χ3n) is 4.97. The number of nitrogens with zero attached hydrogens (tertiary/aromatic N) is 4. The van der Waals surface area contributed by atoms with Crippen molar-refractivity contribution in [3.8, 4) is 5.69 Å². The van der Waals surface area contributed by atoms with Gasteiger partial charge in [-0.05, 0) is 42.9 Å². The molecule has 0 bridgehead atoms. The lowest BCUT2D eigenvalue weighted by Crippen LogP contribution is -2.39. The zero-order valence-electron chi connectivity index (χ0n) is 16.2. The van der Waals surface area contributed by atoms with E-state index in [1.54, 1.807) is 6.20 Å². The van der Waals surface area contributed by atoms with E-state index in [2.05, 4.69) is 45.6 Å². The van der Waals surface area contributed by atoms with Gasteiger partial charge in [-0.1, -0.05) is 18.2 Å². The van der Waals surface area contributed by atoms with E-state index in [1.165, 1.54) is 24.8 Å². The molecule has 0 amide bonds. The summed E-state index contributed by atoms with van der Waals surface area (Å²) >= 11 is 0. The number of para-hydroxylation sites is 1. The minimum atomic E-state index is 0. The van der Waals surface area contributed by atoms with E-state index >= 15 is 0 Å². The predicted molar refractivity (Wildman–Crippen MR) is 120 cm³/mol. The third-order valence-corrected chi connectivity index (χ3v) is 4.97. The van der Waals surface area contributed by atoms with Crippen molar-refractivity contribution in [3.05, 3.63) is 48.3 Å². The molecule has 1 N–H and O–H groups in total. The molecule has 2 heterocycles. The lowest BCUT2D eigenvalue weighted by molar-refractivity contribution is 0.0625. The molecule has 1 fully saturated rings. The maximum Gasteiger partial charge on any atom is 0.193 e. The first-order valence-corrected chi connectivity index (χ1v) is 9.35. The number of benzene rings is 1. The second-order valence-electron chi connectivity index (χ2n) is 6.75. The molecule has 148 valence electrons. The Hall–Kier alpha value is -1.61. The number of rotatable bonds is 6. The standard InChI is InChI=1S/C20H29N5O.HI/c1-21-20(24(2)13-8-17-9-14-26-15-10-17)22-16-18-6-3-4-7-19(18)25-12-5-11-23-25;/h3-7,11-12,17H,8-10,13-16H2,1-2H3,(H,21,22);1H. The Labute approximate surface area is 179 Å². The van der Waals surface area contributed by atoms with Crippen molar-refractivity contribution >= 4 is 29.9 Å². The first-order valence-electron chi connectivity index (χ1n) is 9.35. The topological polar surface area (TPSA) is 54.7 Å².